The fourth-order valence-electron chi connectivity index (χ4n) is 3.06. The summed E-state index contributed by atoms with van der Waals surface area (Å²) in [5, 5.41) is 0. The van der Waals surface area contributed by atoms with Crippen molar-refractivity contribution in [2.75, 3.05) is 11.4 Å². The number of para-hydroxylation sites is 1. The number of carbonyl (C=O) groups is 1. The zero-order chi connectivity index (χ0) is 14.0. The van der Waals surface area contributed by atoms with Gasteiger partial charge in [0.1, 0.15) is 0 Å². The molecule has 2 rings (SSSR count). The van der Waals surface area contributed by atoms with Gasteiger partial charge in [-0.05, 0) is 37.4 Å². The molecule has 2 atom stereocenters. The van der Waals surface area contributed by atoms with Crippen LogP contribution in [0.5, 0.6) is 0 Å². The largest absolute Gasteiger partial charge is 0.330 e. The summed E-state index contributed by atoms with van der Waals surface area (Å²) < 4.78 is 0. The fourth-order valence-corrected chi connectivity index (χ4v) is 3.06. The first-order valence-corrected chi connectivity index (χ1v) is 7.26. The Morgan fingerprint density at radius 2 is 1.84 bits per heavy atom. The molecule has 1 saturated heterocycles. The summed E-state index contributed by atoms with van der Waals surface area (Å²) in [5.41, 5.74) is 9.45. The number of benzene rings is 1. The van der Waals surface area contributed by atoms with Crippen LogP contribution in [-0.4, -0.2) is 18.5 Å². The van der Waals surface area contributed by atoms with E-state index in [1.165, 1.54) is 11.1 Å². The average Bonchev–Trinajstić information content (AvgIpc) is 2.72. The number of aryl methyl sites for hydroxylation is 2. The lowest BCUT2D eigenvalue weighted by Gasteiger charge is -2.28. The van der Waals surface area contributed by atoms with Gasteiger partial charge in [-0.3, -0.25) is 4.79 Å². The number of hydrogen-bond acceptors (Lipinski definition) is 2. The van der Waals surface area contributed by atoms with Gasteiger partial charge in [0.25, 0.3) is 0 Å². The van der Waals surface area contributed by atoms with Crippen molar-refractivity contribution in [3.63, 3.8) is 0 Å². The Labute approximate surface area is 115 Å². The molecular formula is C16H24N2O. The zero-order valence-corrected chi connectivity index (χ0v) is 12.1. The van der Waals surface area contributed by atoms with Gasteiger partial charge >= 0.3 is 0 Å². The van der Waals surface area contributed by atoms with E-state index in [4.69, 9.17) is 5.73 Å². The zero-order valence-electron chi connectivity index (χ0n) is 12.1. The predicted octanol–water partition coefficient (Wildman–Crippen LogP) is 2.51. The molecule has 3 heteroatoms. The molecule has 1 amide bonds. The molecule has 1 fully saturated rings. The Balaban J connectivity index is 2.49. The molecular weight excluding hydrogens is 236 g/mol. The van der Waals surface area contributed by atoms with E-state index in [1.807, 2.05) is 4.90 Å². The van der Waals surface area contributed by atoms with Crippen LogP contribution in [0.4, 0.5) is 5.69 Å². The van der Waals surface area contributed by atoms with Gasteiger partial charge < -0.3 is 10.6 Å². The molecule has 0 bridgehead atoms. The summed E-state index contributed by atoms with van der Waals surface area (Å²) >= 11 is 0. The molecule has 2 N–H and O–H groups in total. The van der Waals surface area contributed by atoms with Gasteiger partial charge in [-0.25, -0.2) is 0 Å². The second-order valence-electron chi connectivity index (χ2n) is 5.34. The number of hydrogen-bond donors (Lipinski definition) is 1. The number of rotatable bonds is 4. The van der Waals surface area contributed by atoms with E-state index >= 15 is 0 Å². The molecule has 0 aromatic heterocycles. The molecule has 104 valence electrons. The lowest BCUT2D eigenvalue weighted by atomic mass is 9.99. The number of anilines is 1. The van der Waals surface area contributed by atoms with Crippen molar-refractivity contribution in [3.05, 3.63) is 29.3 Å². The van der Waals surface area contributed by atoms with E-state index in [0.29, 0.717) is 13.0 Å². The van der Waals surface area contributed by atoms with Crippen LogP contribution in [-0.2, 0) is 17.6 Å². The van der Waals surface area contributed by atoms with Crippen LogP contribution in [0.25, 0.3) is 0 Å². The van der Waals surface area contributed by atoms with E-state index in [1.54, 1.807) is 0 Å². The standard InChI is InChI=1S/C16H24N2O/c1-4-12-7-6-8-13(5-2)16(12)18-11(3)14(10-17)9-15(18)19/h6-8,11,14H,4-5,9-10,17H2,1-3H3. The Morgan fingerprint density at radius 1 is 1.26 bits per heavy atom. The van der Waals surface area contributed by atoms with Gasteiger partial charge in [-0.2, -0.15) is 0 Å². The summed E-state index contributed by atoms with van der Waals surface area (Å²) in [7, 11) is 0. The van der Waals surface area contributed by atoms with E-state index in [-0.39, 0.29) is 17.9 Å². The lowest BCUT2D eigenvalue weighted by Crippen LogP contribution is -2.36. The van der Waals surface area contributed by atoms with Crippen molar-refractivity contribution in [3.8, 4) is 0 Å². The minimum absolute atomic E-state index is 0.204. The summed E-state index contributed by atoms with van der Waals surface area (Å²) in [6.45, 7) is 6.99. The topological polar surface area (TPSA) is 46.3 Å². The van der Waals surface area contributed by atoms with Crippen LogP contribution in [0.1, 0.15) is 38.3 Å². The molecule has 1 aromatic rings. The van der Waals surface area contributed by atoms with Crippen molar-refractivity contribution >= 4 is 11.6 Å². The lowest BCUT2D eigenvalue weighted by molar-refractivity contribution is -0.117. The summed E-state index contributed by atoms with van der Waals surface area (Å²) in [5.74, 6) is 0.501. The Bertz CT molecular complexity index is 448. The van der Waals surface area contributed by atoms with Crippen molar-refractivity contribution in [2.24, 2.45) is 11.7 Å². The molecule has 1 heterocycles. The highest BCUT2D eigenvalue weighted by molar-refractivity contribution is 5.98. The molecule has 0 radical (unpaired) electrons. The summed E-state index contributed by atoms with van der Waals surface area (Å²) in [6, 6.07) is 6.55. The number of carbonyl (C=O) groups excluding carboxylic acids is 1. The SMILES string of the molecule is CCc1cccc(CC)c1N1C(=O)CC(CN)C1C. The second-order valence-corrected chi connectivity index (χ2v) is 5.34. The van der Waals surface area contributed by atoms with E-state index in [2.05, 4.69) is 39.0 Å². The first-order chi connectivity index (χ1) is 9.13. The molecule has 2 unspecified atom stereocenters. The van der Waals surface area contributed by atoms with Crippen LogP contribution in [0.15, 0.2) is 18.2 Å². The van der Waals surface area contributed by atoms with Crippen LogP contribution < -0.4 is 10.6 Å². The van der Waals surface area contributed by atoms with E-state index in [9.17, 15) is 4.79 Å². The third-order valence-electron chi connectivity index (χ3n) is 4.30. The van der Waals surface area contributed by atoms with Crippen molar-refractivity contribution in [1.82, 2.24) is 0 Å². The van der Waals surface area contributed by atoms with Crippen LogP contribution in [0, 0.1) is 5.92 Å². The maximum Gasteiger partial charge on any atom is 0.227 e. The summed E-state index contributed by atoms with van der Waals surface area (Å²) in [6.07, 6.45) is 2.48. The number of amides is 1. The first kappa shape index (κ1) is 14.1. The van der Waals surface area contributed by atoms with Gasteiger partial charge in [0.05, 0.1) is 5.69 Å². The maximum atomic E-state index is 12.4. The van der Waals surface area contributed by atoms with E-state index < -0.39 is 0 Å². The molecule has 3 nitrogen and oxygen atoms in total. The maximum absolute atomic E-state index is 12.4. The Morgan fingerprint density at radius 3 is 2.26 bits per heavy atom. The van der Waals surface area contributed by atoms with E-state index in [0.717, 1.165) is 18.5 Å². The highest BCUT2D eigenvalue weighted by Crippen LogP contribution is 2.35. The molecule has 0 saturated carbocycles. The van der Waals surface area contributed by atoms with Gasteiger partial charge in [-0.1, -0.05) is 32.0 Å². The third kappa shape index (κ3) is 2.39. The number of nitrogens with two attached hydrogens (primary N) is 1. The van der Waals surface area contributed by atoms with Crippen molar-refractivity contribution < 1.29 is 4.79 Å². The predicted molar refractivity (Wildman–Crippen MR) is 79.3 cm³/mol. The highest BCUT2D eigenvalue weighted by Gasteiger charge is 2.38. The molecule has 0 aliphatic carbocycles. The fraction of sp³-hybridized carbons (Fsp3) is 0.562. The number of nitrogens with zero attached hydrogens (tertiary/aromatic N) is 1. The van der Waals surface area contributed by atoms with Gasteiger partial charge in [-0.15, -0.1) is 0 Å². The minimum Gasteiger partial charge on any atom is -0.330 e. The molecule has 1 aliphatic heterocycles. The van der Waals surface area contributed by atoms with Crippen molar-refractivity contribution in [2.45, 2.75) is 46.1 Å². The second kappa shape index (κ2) is 5.74. The van der Waals surface area contributed by atoms with Gasteiger partial charge in [0.15, 0.2) is 0 Å². The smallest absolute Gasteiger partial charge is 0.227 e. The van der Waals surface area contributed by atoms with Crippen LogP contribution >= 0.6 is 0 Å². The molecule has 1 aliphatic rings. The quantitative estimate of drug-likeness (QED) is 0.904. The van der Waals surface area contributed by atoms with Gasteiger partial charge in [0.2, 0.25) is 5.91 Å². The van der Waals surface area contributed by atoms with Crippen molar-refractivity contribution in [1.29, 1.82) is 0 Å². The molecule has 0 spiro atoms. The third-order valence-corrected chi connectivity index (χ3v) is 4.30. The normalized spacial score (nSPS) is 23.2. The molecule has 19 heavy (non-hydrogen) atoms. The van der Waals surface area contributed by atoms with Gasteiger partial charge in [0, 0.05) is 18.4 Å². The monoisotopic (exact) mass is 260 g/mol. The minimum atomic E-state index is 0.204. The highest BCUT2D eigenvalue weighted by atomic mass is 16.2. The Kier molecular flexibility index (Phi) is 4.25. The van der Waals surface area contributed by atoms with Crippen LogP contribution in [0.3, 0.4) is 0 Å². The summed E-state index contributed by atoms with van der Waals surface area (Å²) in [4.78, 5) is 14.4. The molecule has 1 aromatic carbocycles. The Hall–Kier alpha value is -1.35. The average molecular weight is 260 g/mol. The first-order valence-electron chi connectivity index (χ1n) is 7.26. The van der Waals surface area contributed by atoms with Crippen LogP contribution in [0.2, 0.25) is 0 Å².